The van der Waals surface area contributed by atoms with Crippen LogP contribution in [0.15, 0.2) is 23.1 Å². The molecule has 6 atom stereocenters. The lowest BCUT2D eigenvalue weighted by Crippen LogP contribution is -2.35. The van der Waals surface area contributed by atoms with Gasteiger partial charge in [-0.25, -0.2) is 0 Å². The van der Waals surface area contributed by atoms with E-state index in [1.54, 1.807) is 0 Å². The second-order valence-corrected chi connectivity index (χ2v) is 8.27. The molecule has 0 spiro atoms. The van der Waals surface area contributed by atoms with Crippen molar-refractivity contribution in [3.8, 4) is 0 Å². The maximum atomic E-state index is 12.4. The standard InChI is InChI=1S/C12H16O2S2/c1-3-8-7-9-11(15(8)13)10-5-6-12(9,4-2)16(10)14/h5-7,9-11H,3-4H2,1-2H3/t9-,10+,11+,12-,15+,16?/m0/s1. The quantitative estimate of drug-likeness (QED) is 0.707. The van der Waals surface area contributed by atoms with Gasteiger partial charge in [-0.2, -0.15) is 0 Å². The van der Waals surface area contributed by atoms with Gasteiger partial charge in [-0.3, -0.25) is 8.42 Å². The monoisotopic (exact) mass is 256 g/mol. The predicted octanol–water partition coefficient (Wildman–Crippen LogP) is 1.88. The molecule has 4 heteroatoms. The molecular formula is C12H16O2S2. The number of hydrogen-bond donors (Lipinski definition) is 0. The zero-order chi connectivity index (χ0) is 11.5. The lowest BCUT2D eigenvalue weighted by atomic mass is 9.81. The molecule has 0 amide bonds. The fraction of sp³-hybridized carbons (Fsp3) is 0.667. The number of fused-ring (bicyclic) bond motifs is 5. The molecule has 0 aliphatic carbocycles. The fourth-order valence-electron chi connectivity index (χ4n) is 3.30. The molecule has 0 radical (unpaired) electrons. The van der Waals surface area contributed by atoms with E-state index < -0.39 is 21.6 Å². The SMILES string of the molecule is CCC1=C[C@H]2[C@H]([C@H]3C=C[C@]2(CC)S3=O)[S@@]1=O. The Balaban J connectivity index is 2.11. The molecule has 1 saturated heterocycles. The number of hydrogen-bond acceptors (Lipinski definition) is 2. The molecule has 1 unspecified atom stereocenters. The first-order chi connectivity index (χ1) is 7.65. The van der Waals surface area contributed by atoms with Crippen molar-refractivity contribution in [2.24, 2.45) is 5.92 Å². The van der Waals surface area contributed by atoms with E-state index in [4.69, 9.17) is 0 Å². The van der Waals surface area contributed by atoms with Crippen molar-refractivity contribution in [2.45, 2.75) is 41.9 Å². The molecule has 3 aliphatic heterocycles. The summed E-state index contributed by atoms with van der Waals surface area (Å²) in [4.78, 5) is 1.07. The Labute approximate surface area is 101 Å². The van der Waals surface area contributed by atoms with Gasteiger partial charge in [0.1, 0.15) is 0 Å². The zero-order valence-electron chi connectivity index (χ0n) is 9.51. The summed E-state index contributed by atoms with van der Waals surface area (Å²) in [6, 6.07) is 0. The third-order valence-corrected chi connectivity index (χ3v) is 8.79. The molecule has 2 nitrogen and oxygen atoms in total. The van der Waals surface area contributed by atoms with Gasteiger partial charge >= 0.3 is 0 Å². The Hall–Kier alpha value is -0.220. The van der Waals surface area contributed by atoms with Crippen molar-refractivity contribution >= 4 is 21.6 Å². The molecule has 1 fully saturated rings. The summed E-state index contributed by atoms with van der Waals surface area (Å²) < 4.78 is 24.4. The van der Waals surface area contributed by atoms with Crippen molar-refractivity contribution in [3.63, 3.8) is 0 Å². The third kappa shape index (κ3) is 1.03. The maximum absolute atomic E-state index is 12.4. The minimum Gasteiger partial charge on any atom is -0.258 e. The van der Waals surface area contributed by atoms with Crippen LogP contribution in [0.2, 0.25) is 0 Å². The smallest absolute Gasteiger partial charge is 0.0717 e. The van der Waals surface area contributed by atoms with E-state index in [9.17, 15) is 8.42 Å². The van der Waals surface area contributed by atoms with Gasteiger partial charge in [-0.1, -0.05) is 32.1 Å². The Morgan fingerprint density at radius 2 is 2.12 bits per heavy atom. The Kier molecular flexibility index (Phi) is 2.31. The lowest BCUT2D eigenvalue weighted by Gasteiger charge is -2.27. The summed E-state index contributed by atoms with van der Waals surface area (Å²) in [7, 11) is -1.75. The van der Waals surface area contributed by atoms with Crippen molar-refractivity contribution in [1.29, 1.82) is 0 Å². The van der Waals surface area contributed by atoms with Gasteiger partial charge in [-0.05, 0) is 12.8 Å². The van der Waals surface area contributed by atoms with Crippen LogP contribution in [0.3, 0.4) is 0 Å². The average Bonchev–Trinajstić information content (AvgIpc) is 2.87. The first-order valence-corrected chi connectivity index (χ1v) is 8.29. The van der Waals surface area contributed by atoms with E-state index in [0.29, 0.717) is 0 Å². The van der Waals surface area contributed by atoms with Gasteiger partial charge < -0.3 is 0 Å². The molecule has 0 saturated carbocycles. The highest BCUT2D eigenvalue weighted by atomic mass is 32.2. The minimum atomic E-state index is -0.897. The second kappa shape index (κ2) is 3.39. The van der Waals surface area contributed by atoms with Gasteiger partial charge in [-0.15, -0.1) is 0 Å². The predicted molar refractivity (Wildman–Crippen MR) is 67.9 cm³/mol. The summed E-state index contributed by atoms with van der Waals surface area (Å²) in [5.41, 5.74) is 0. The first-order valence-electron chi connectivity index (χ1n) is 5.87. The van der Waals surface area contributed by atoms with Gasteiger partial charge in [0, 0.05) is 21.6 Å². The Morgan fingerprint density at radius 1 is 1.38 bits per heavy atom. The number of allylic oxidation sites excluding steroid dienone is 2. The second-order valence-electron chi connectivity index (χ2n) is 4.70. The largest absolute Gasteiger partial charge is 0.258 e. The molecule has 3 aliphatic rings. The van der Waals surface area contributed by atoms with Crippen molar-refractivity contribution in [1.82, 2.24) is 0 Å². The van der Waals surface area contributed by atoms with Crippen LogP contribution < -0.4 is 0 Å². The summed E-state index contributed by atoms with van der Waals surface area (Å²) in [5, 5.41) is 0.131. The van der Waals surface area contributed by atoms with Crippen LogP contribution >= 0.6 is 0 Å². The molecule has 0 aromatic heterocycles. The fourth-order valence-corrected chi connectivity index (χ4v) is 7.95. The molecule has 16 heavy (non-hydrogen) atoms. The molecule has 3 heterocycles. The summed E-state index contributed by atoms with van der Waals surface area (Å²) in [6.07, 6.45) is 8.08. The van der Waals surface area contributed by atoms with Crippen molar-refractivity contribution < 1.29 is 8.42 Å². The van der Waals surface area contributed by atoms with Crippen LogP contribution in [-0.2, 0) is 21.6 Å². The maximum Gasteiger partial charge on any atom is 0.0717 e. The molecule has 0 N–H and O–H groups in total. The van der Waals surface area contributed by atoms with Gasteiger partial charge in [0.15, 0.2) is 0 Å². The highest BCUT2D eigenvalue weighted by Gasteiger charge is 2.63. The molecule has 3 rings (SSSR count). The van der Waals surface area contributed by atoms with Gasteiger partial charge in [0.05, 0.1) is 26.0 Å². The third-order valence-electron chi connectivity index (χ3n) is 4.20. The minimum absolute atomic E-state index is 0.0334. The van der Waals surface area contributed by atoms with Gasteiger partial charge in [0.2, 0.25) is 0 Å². The van der Waals surface area contributed by atoms with Crippen LogP contribution in [0, 0.1) is 5.92 Å². The van der Waals surface area contributed by atoms with Crippen LogP contribution in [0.4, 0.5) is 0 Å². The van der Waals surface area contributed by atoms with E-state index >= 15 is 0 Å². The molecule has 2 bridgehead atoms. The normalized spacial score (nSPS) is 53.1. The average molecular weight is 256 g/mol. The first kappa shape index (κ1) is 10.9. The van der Waals surface area contributed by atoms with Crippen LogP contribution in [0.25, 0.3) is 0 Å². The van der Waals surface area contributed by atoms with E-state index in [1.165, 1.54) is 0 Å². The molecule has 0 aromatic carbocycles. The highest BCUT2D eigenvalue weighted by Crippen LogP contribution is 2.54. The zero-order valence-corrected chi connectivity index (χ0v) is 11.1. The van der Waals surface area contributed by atoms with Crippen molar-refractivity contribution in [2.75, 3.05) is 0 Å². The Bertz CT molecular complexity index is 452. The highest BCUT2D eigenvalue weighted by molar-refractivity contribution is 7.94. The topological polar surface area (TPSA) is 34.1 Å². The summed E-state index contributed by atoms with van der Waals surface area (Å²) >= 11 is 0. The van der Waals surface area contributed by atoms with E-state index in [2.05, 4.69) is 26.0 Å². The lowest BCUT2D eigenvalue weighted by molar-refractivity contribution is 0.501. The summed E-state index contributed by atoms with van der Waals surface area (Å²) in [5.74, 6) is 0.254. The number of rotatable bonds is 2. The van der Waals surface area contributed by atoms with E-state index in [-0.39, 0.29) is 21.2 Å². The van der Waals surface area contributed by atoms with Gasteiger partial charge in [0.25, 0.3) is 0 Å². The molecule has 0 aromatic rings. The molecule has 88 valence electrons. The molecular weight excluding hydrogens is 240 g/mol. The van der Waals surface area contributed by atoms with Crippen LogP contribution in [0.1, 0.15) is 26.7 Å². The van der Waals surface area contributed by atoms with Crippen LogP contribution in [0.5, 0.6) is 0 Å². The summed E-state index contributed by atoms with van der Waals surface area (Å²) in [6.45, 7) is 4.14. The van der Waals surface area contributed by atoms with E-state index in [0.717, 1.165) is 17.7 Å². The van der Waals surface area contributed by atoms with Crippen LogP contribution in [-0.4, -0.2) is 23.7 Å². The Morgan fingerprint density at radius 3 is 2.75 bits per heavy atom. The van der Waals surface area contributed by atoms with E-state index in [1.807, 2.05) is 6.08 Å². The van der Waals surface area contributed by atoms with Crippen molar-refractivity contribution in [3.05, 3.63) is 23.1 Å².